The topological polar surface area (TPSA) is 106 Å². The Morgan fingerprint density at radius 3 is 2.27 bits per heavy atom. The normalized spacial score (nSPS) is 11.6. The number of hydrogen-bond acceptors (Lipinski definition) is 6. The van der Waals surface area contributed by atoms with Gasteiger partial charge in [0.15, 0.2) is 6.10 Å². The third-order valence-corrected chi connectivity index (χ3v) is 5.79. The van der Waals surface area contributed by atoms with Crippen LogP contribution in [0.4, 0.5) is 0 Å². The summed E-state index contributed by atoms with van der Waals surface area (Å²) in [5.41, 5.74) is 7.77. The molecule has 0 saturated heterocycles. The number of carbonyl (C=O) groups is 2. The summed E-state index contributed by atoms with van der Waals surface area (Å²) < 4.78 is 11.5. The van der Waals surface area contributed by atoms with Gasteiger partial charge in [-0.1, -0.05) is 48.0 Å². The fourth-order valence-corrected chi connectivity index (χ4v) is 3.79. The van der Waals surface area contributed by atoms with Crippen LogP contribution in [0, 0.1) is 6.92 Å². The standard InChI is InChI=1S/C29H24N4O4/c1-18-6-5-9-24(16-18)29-33-32-28(37-29)22-12-10-21(11-13-22)27(35)31-30-26(34)19(2)36-25-15-14-20-7-3-4-8-23(20)17-25/h3-17,19H,1-2H3,(H,30,34)(H,31,35). The zero-order valence-corrected chi connectivity index (χ0v) is 20.3. The monoisotopic (exact) mass is 492 g/mol. The zero-order chi connectivity index (χ0) is 25.8. The van der Waals surface area contributed by atoms with Gasteiger partial charge in [-0.05, 0) is 73.2 Å². The van der Waals surface area contributed by atoms with E-state index in [0.29, 0.717) is 28.7 Å². The van der Waals surface area contributed by atoms with Gasteiger partial charge in [0.2, 0.25) is 11.8 Å². The Bertz CT molecular complexity index is 1580. The first kappa shape index (κ1) is 23.7. The predicted octanol–water partition coefficient (Wildman–Crippen LogP) is 5.09. The quantitative estimate of drug-likeness (QED) is 0.320. The van der Waals surface area contributed by atoms with Crippen molar-refractivity contribution >= 4 is 22.6 Å². The summed E-state index contributed by atoms with van der Waals surface area (Å²) in [6.07, 6.45) is -0.816. The maximum atomic E-state index is 12.5. The molecule has 1 aromatic heterocycles. The van der Waals surface area contributed by atoms with E-state index in [4.69, 9.17) is 9.15 Å². The van der Waals surface area contributed by atoms with Crippen LogP contribution in [0.2, 0.25) is 0 Å². The molecule has 1 atom stereocenters. The van der Waals surface area contributed by atoms with Crippen molar-refractivity contribution in [3.05, 3.63) is 102 Å². The van der Waals surface area contributed by atoms with Crippen LogP contribution in [0.5, 0.6) is 5.75 Å². The Morgan fingerprint density at radius 1 is 0.784 bits per heavy atom. The largest absolute Gasteiger partial charge is 0.481 e. The van der Waals surface area contributed by atoms with Crippen LogP contribution in [0.25, 0.3) is 33.7 Å². The number of amides is 2. The number of nitrogens with one attached hydrogen (secondary N) is 2. The second kappa shape index (κ2) is 10.3. The summed E-state index contributed by atoms with van der Waals surface area (Å²) in [7, 11) is 0. The average molecular weight is 493 g/mol. The Kier molecular flexibility index (Phi) is 6.63. The number of benzene rings is 4. The molecule has 0 fully saturated rings. The van der Waals surface area contributed by atoms with E-state index in [2.05, 4.69) is 21.0 Å². The van der Waals surface area contributed by atoms with Gasteiger partial charge in [0, 0.05) is 16.7 Å². The van der Waals surface area contributed by atoms with Crippen LogP contribution < -0.4 is 15.6 Å². The van der Waals surface area contributed by atoms with Crippen molar-refractivity contribution in [1.82, 2.24) is 21.0 Å². The molecule has 8 nitrogen and oxygen atoms in total. The van der Waals surface area contributed by atoms with Crippen molar-refractivity contribution in [2.45, 2.75) is 20.0 Å². The summed E-state index contributed by atoms with van der Waals surface area (Å²) in [4.78, 5) is 25.0. The molecule has 0 saturated carbocycles. The van der Waals surface area contributed by atoms with Gasteiger partial charge in [-0.25, -0.2) is 0 Å². The summed E-state index contributed by atoms with van der Waals surface area (Å²) in [5, 5.41) is 10.3. The maximum Gasteiger partial charge on any atom is 0.279 e. The van der Waals surface area contributed by atoms with Crippen LogP contribution >= 0.6 is 0 Å². The van der Waals surface area contributed by atoms with E-state index in [0.717, 1.165) is 21.9 Å². The predicted molar refractivity (Wildman–Crippen MR) is 140 cm³/mol. The number of nitrogens with zero attached hydrogens (tertiary/aromatic N) is 2. The van der Waals surface area contributed by atoms with Gasteiger partial charge in [-0.2, -0.15) is 0 Å². The number of hydrazine groups is 1. The highest BCUT2D eigenvalue weighted by molar-refractivity contribution is 5.96. The first-order valence-corrected chi connectivity index (χ1v) is 11.7. The fraction of sp³-hybridized carbons (Fsp3) is 0.103. The lowest BCUT2D eigenvalue weighted by molar-refractivity contribution is -0.128. The molecular weight excluding hydrogens is 468 g/mol. The van der Waals surface area contributed by atoms with Gasteiger partial charge >= 0.3 is 0 Å². The minimum absolute atomic E-state index is 0.344. The molecule has 5 rings (SSSR count). The zero-order valence-electron chi connectivity index (χ0n) is 20.3. The number of hydrogen-bond donors (Lipinski definition) is 2. The van der Waals surface area contributed by atoms with Crippen molar-refractivity contribution in [3.8, 4) is 28.7 Å². The Labute approximate surface area is 213 Å². The minimum Gasteiger partial charge on any atom is -0.481 e. The molecule has 4 aromatic carbocycles. The fourth-order valence-electron chi connectivity index (χ4n) is 3.79. The highest BCUT2D eigenvalue weighted by Crippen LogP contribution is 2.25. The summed E-state index contributed by atoms with van der Waals surface area (Å²) in [6.45, 7) is 3.60. The van der Waals surface area contributed by atoms with E-state index in [1.807, 2.05) is 67.6 Å². The number of ether oxygens (including phenoxy) is 1. The SMILES string of the molecule is Cc1cccc(-c2nnc(-c3ccc(C(=O)NNC(=O)C(C)Oc4ccc5ccccc5c4)cc3)o2)c1. The lowest BCUT2D eigenvalue weighted by atomic mass is 10.1. The van der Waals surface area contributed by atoms with Gasteiger partial charge in [-0.3, -0.25) is 20.4 Å². The molecule has 2 amide bonds. The molecule has 2 N–H and O–H groups in total. The third-order valence-electron chi connectivity index (χ3n) is 5.79. The van der Waals surface area contributed by atoms with Gasteiger partial charge in [0.05, 0.1) is 0 Å². The highest BCUT2D eigenvalue weighted by Gasteiger charge is 2.17. The van der Waals surface area contributed by atoms with E-state index in [-0.39, 0.29) is 0 Å². The van der Waals surface area contributed by atoms with E-state index in [9.17, 15) is 9.59 Å². The molecule has 0 bridgehead atoms. The van der Waals surface area contributed by atoms with Crippen molar-refractivity contribution < 1.29 is 18.7 Å². The number of fused-ring (bicyclic) bond motifs is 1. The molecule has 184 valence electrons. The van der Waals surface area contributed by atoms with Gasteiger partial charge in [-0.15, -0.1) is 10.2 Å². The van der Waals surface area contributed by atoms with Crippen molar-refractivity contribution in [2.75, 3.05) is 0 Å². The molecule has 0 spiro atoms. The summed E-state index contributed by atoms with van der Waals surface area (Å²) in [5.74, 6) is 0.381. The van der Waals surface area contributed by atoms with Gasteiger partial charge < -0.3 is 9.15 Å². The maximum absolute atomic E-state index is 12.5. The Hall–Kier alpha value is -4.98. The smallest absolute Gasteiger partial charge is 0.279 e. The van der Waals surface area contributed by atoms with Crippen LogP contribution in [0.3, 0.4) is 0 Å². The number of rotatable bonds is 6. The van der Waals surface area contributed by atoms with E-state index < -0.39 is 17.9 Å². The van der Waals surface area contributed by atoms with Crippen molar-refractivity contribution in [1.29, 1.82) is 0 Å². The van der Waals surface area contributed by atoms with Crippen LogP contribution in [-0.2, 0) is 4.79 Å². The molecule has 37 heavy (non-hydrogen) atoms. The molecule has 0 radical (unpaired) electrons. The van der Waals surface area contributed by atoms with Gasteiger partial charge in [0.1, 0.15) is 5.75 Å². The molecule has 0 aliphatic carbocycles. The minimum atomic E-state index is -0.816. The molecule has 0 aliphatic heterocycles. The van der Waals surface area contributed by atoms with E-state index in [1.165, 1.54) is 0 Å². The molecule has 0 aliphatic rings. The first-order chi connectivity index (χ1) is 18.0. The average Bonchev–Trinajstić information content (AvgIpc) is 3.42. The van der Waals surface area contributed by atoms with Gasteiger partial charge in [0.25, 0.3) is 11.8 Å². The molecular formula is C29H24N4O4. The second-order valence-corrected chi connectivity index (χ2v) is 8.57. The summed E-state index contributed by atoms with van der Waals surface area (Å²) in [6, 6.07) is 27.9. The summed E-state index contributed by atoms with van der Waals surface area (Å²) >= 11 is 0. The number of carbonyl (C=O) groups excluding carboxylic acids is 2. The second-order valence-electron chi connectivity index (χ2n) is 8.57. The Morgan fingerprint density at radius 2 is 1.51 bits per heavy atom. The molecule has 1 unspecified atom stereocenters. The molecule has 8 heteroatoms. The number of aryl methyl sites for hydroxylation is 1. The van der Waals surface area contributed by atoms with E-state index >= 15 is 0 Å². The Balaban J connectivity index is 1.17. The van der Waals surface area contributed by atoms with Crippen LogP contribution in [-0.4, -0.2) is 28.1 Å². The number of aromatic nitrogens is 2. The highest BCUT2D eigenvalue weighted by atomic mass is 16.5. The van der Waals surface area contributed by atoms with E-state index in [1.54, 1.807) is 37.3 Å². The van der Waals surface area contributed by atoms with Crippen molar-refractivity contribution in [3.63, 3.8) is 0 Å². The third kappa shape index (κ3) is 5.48. The molecule has 5 aromatic rings. The lowest BCUT2D eigenvalue weighted by Crippen LogP contribution is -2.47. The lowest BCUT2D eigenvalue weighted by Gasteiger charge is -2.15. The first-order valence-electron chi connectivity index (χ1n) is 11.7. The molecule has 1 heterocycles. The van der Waals surface area contributed by atoms with Crippen molar-refractivity contribution in [2.24, 2.45) is 0 Å². The van der Waals surface area contributed by atoms with Crippen LogP contribution in [0.15, 0.2) is 95.4 Å². The van der Waals surface area contributed by atoms with Crippen LogP contribution in [0.1, 0.15) is 22.8 Å².